The van der Waals surface area contributed by atoms with Gasteiger partial charge in [0.05, 0.1) is 5.02 Å². The van der Waals surface area contributed by atoms with Crippen molar-refractivity contribution in [3.63, 3.8) is 0 Å². The van der Waals surface area contributed by atoms with Crippen LogP contribution in [0.5, 0.6) is 0 Å². The Bertz CT molecular complexity index is 732. The molecule has 130 valence electrons. The molecule has 2 atom stereocenters. The number of amides is 1. The van der Waals surface area contributed by atoms with E-state index in [-0.39, 0.29) is 24.4 Å². The number of hydrogen-bond donors (Lipinski definition) is 1. The molecular formula is C17H21Cl2N3O2. The molecule has 3 rings (SSSR count). The molecule has 5 nitrogen and oxygen atoms in total. The zero-order chi connectivity index (χ0) is 16.6. The summed E-state index contributed by atoms with van der Waals surface area (Å²) in [5.74, 6) is 0.785. The van der Waals surface area contributed by atoms with Crippen LogP contribution in [0.15, 0.2) is 28.8 Å². The normalized spacial score (nSPS) is 20.1. The number of nitrogens with two attached hydrogens (primary N) is 1. The third-order valence-electron chi connectivity index (χ3n) is 4.46. The Morgan fingerprint density at radius 1 is 1.46 bits per heavy atom. The maximum Gasteiger partial charge on any atom is 0.259 e. The lowest BCUT2D eigenvalue weighted by molar-refractivity contribution is 0.0742. The first-order valence-corrected chi connectivity index (χ1v) is 8.13. The van der Waals surface area contributed by atoms with E-state index in [1.54, 1.807) is 13.0 Å². The summed E-state index contributed by atoms with van der Waals surface area (Å²) in [5, 5.41) is 4.62. The van der Waals surface area contributed by atoms with Crippen molar-refractivity contribution in [1.29, 1.82) is 0 Å². The molecule has 0 bridgehead atoms. The maximum atomic E-state index is 13.0. The van der Waals surface area contributed by atoms with Crippen LogP contribution >= 0.6 is 24.0 Å². The Labute approximate surface area is 152 Å². The van der Waals surface area contributed by atoms with Crippen LogP contribution in [-0.2, 0) is 0 Å². The standard InChI is InChI=1S/C17H20ClN3O2.ClH/c1-10-7-12(8-19)9-21(10)17(22)15-11(2)23-20-16(15)13-5-3-4-6-14(13)18;/h3-6,10,12H,7-9,19H2,1-2H3;1H. The lowest BCUT2D eigenvalue weighted by Gasteiger charge is -2.21. The van der Waals surface area contributed by atoms with Crippen molar-refractivity contribution < 1.29 is 9.32 Å². The molecule has 0 spiro atoms. The fourth-order valence-corrected chi connectivity index (χ4v) is 3.43. The van der Waals surface area contributed by atoms with Gasteiger partial charge in [-0.05, 0) is 38.8 Å². The summed E-state index contributed by atoms with van der Waals surface area (Å²) in [7, 11) is 0. The highest BCUT2D eigenvalue weighted by Crippen LogP contribution is 2.33. The van der Waals surface area contributed by atoms with E-state index < -0.39 is 0 Å². The number of hydrogen-bond acceptors (Lipinski definition) is 4. The number of rotatable bonds is 3. The first-order valence-electron chi connectivity index (χ1n) is 7.75. The first-order chi connectivity index (χ1) is 11.0. The Morgan fingerprint density at radius 3 is 2.79 bits per heavy atom. The smallest absolute Gasteiger partial charge is 0.259 e. The van der Waals surface area contributed by atoms with Gasteiger partial charge in [-0.25, -0.2) is 0 Å². The van der Waals surface area contributed by atoms with E-state index in [2.05, 4.69) is 5.16 Å². The Hall–Kier alpha value is -1.56. The van der Waals surface area contributed by atoms with Gasteiger partial charge in [-0.2, -0.15) is 0 Å². The van der Waals surface area contributed by atoms with Crippen LogP contribution in [0.2, 0.25) is 5.02 Å². The molecule has 1 amide bonds. The number of aromatic nitrogens is 1. The molecule has 0 radical (unpaired) electrons. The molecule has 1 aromatic heterocycles. The van der Waals surface area contributed by atoms with Crippen LogP contribution in [0.25, 0.3) is 11.3 Å². The Balaban J connectivity index is 0.00000208. The SMILES string of the molecule is Cc1onc(-c2ccccc2Cl)c1C(=O)N1CC(CN)CC1C.Cl. The van der Waals surface area contributed by atoms with E-state index in [1.807, 2.05) is 30.0 Å². The number of benzene rings is 1. The monoisotopic (exact) mass is 369 g/mol. The van der Waals surface area contributed by atoms with Crippen molar-refractivity contribution in [3.8, 4) is 11.3 Å². The lowest BCUT2D eigenvalue weighted by atomic mass is 10.0. The van der Waals surface area contributed by atoms with E-state index in [0.29, 0.717) is 46.6 Å². The summed E-state index contributed by atoms with van der Waals surface area (Å²) in [4.78, 5) is 14.9. The van der Waals surface area contributed by atoms with Crippen LogP contribution < -0.4 is 5.73 Å². The summed E-state index contributed by atoms with van der Waals surface area (Å²) >= 11 is 6.26. The van der Waals surface area contributed by atoms with Gasteiger partial charge in [0.2, 0.25) is 0 Å². The van der Waals surface area contributed by atoms with Crippen molar-refractivity contribution in [2.24, 2.45) is 11.7 Å². The van der Waals surface area contributed by atoms with Gasteiger partial charge in [-0.15, -0.1) is 12.4 Å². The van der Waals surface area contributed by atoms with E-state index in [9.17, 15) is 4.79 Å². The molecule has 2 aromatic rings. The third kappa shape index (κ3) is 3.29. The fraction of sp³-hybridized carbons (Fsp3) is 0.412. The molecule has 1 aliphatic heterocycles. The maximum absolute atomic E-state index is 13.0. The predicted octanol–water partition coefficient (Wildman–Crippen LogP) is 3.53. The summed E-state index contributed by atoms with van der Waals surface area (Å²) in [6.07, 6.45) is 0.925. The molecule has 2 N–H and O–H groups in total. The molecule has 0 saturated carbocycles. The van der Waals surface area contributed by atoms with E-state index in [0.717, 1.165) is 6.42 Å². The number of carbonyl (C=O) groups is 1. The number of carbonyl (C=O) groups excluding carboxylic acids is 1. The predicted molar refractivity (Wildman–Crippen MR) is 96.6 cm³/mol. The molecule has 2 unspecified atom stereocenters. The van der Waals surface area contributed by atoms with E-state index in [4.69, 9.17) is 21.9 Å². The number of aryl methyl sites for hydroxylation is 1. The van der Waals surface area contributed by atoms with Crippen LogP contribution in [0, 0.1) is 12.8 Å². The molecule has 1 fully saturated rings. The van der Waals surface area contributed by atoms with Gasteiger partial charge in [0.15, 0.2) is 0 Å². The minimum Gasteiger partial charge on any atom is -0.360 e. The molecule has 1 aromatic carbocycles. The highest BCUT2D eigenvalue weighted by Gasteiger charge is 2.35. The highest BCUT2D eigenvalue weighted by atomic mass is 35.5. The van der Waals surface area contributed by atoms with Crippen molar-refractivity contribution >= 4 is 29.9 Å². The number of halogens is 2. The zero-order valence-electron chi connectivity index (χ0n) is 13.7. The molecule has 24 heavy (non-hydrogen) atoms. The van der Waals surface area contributed by atoms with Crippen LogP contribution in [0.1, 0.15) is 29.5 Å². The van der Waals surface area contributed by atoms with E-state index in [1.165, 1.54) is 0 Å². The van der Waals surface area contributed by atoms with Crippen LogP contribution in [0.3, 0.4) is 0 Å². The molecule has 1 saturated heterocycles. The summed E-state index contributed by atoms with van der Waals surface area (Å²) in [6, 6.07) is 7.48. The van der Waals surface area contributed by atoms with Gasteiger partial charge in [0, 0.05) is 18.2 Å². The van der Waals surface area contributed by atoms with Crippen molar-refractivity contribution in [1.82, 2.24) is 10.1 Å². The second kappa shape index (κ2) is 7.55. The van der Waals surface area contributed by atoms with Crippen LogP contribution in [0.4, 0.5) is 0 Å². The van der Waals surface area contributed by atoms with Gasteiger partial charge in [-0.1, -0.05) is 35.0 Å². The van der Waals surface area contributed by atoms with Crippen molar-refractivity contribution in [3.05, 3.63) is 40.6 Å². The van der Waals surface area contributed by atoms with Gasteiger partial charge < -0.3 is 15.2 Å². The summed E-state index contributed by atoms with van der Waals surface area (Å²) in [5.41, 5.74) is 7.46. The second-order valence-corrected chi connectivity index (χ2v) is 6.49. The summed E-state index contributed by atoms with van der Waals surface area (Å²) in [6.45, 7) is 5.06. The molecular weight excluding hydrogens is 349 g/mol. The molecule has 0 aliphatic carbocycles. The minimum atomic E-state index is -0.0675. The fourth-order valence-electron chi connectivity index (χ4n) is 3.20. The average molecular weight is 370 g/mol. The van der Waals surface area contributed by atoms with Crippen LogP contribution in [-0.4, -0.2) is 35.1 Å². The largest absolute Gasteiger partial charge is 0.360 e. The molecule has 2 heterocycles. The highest BCUT2D eigenvalue weighted by molar-refractivity contribution is 6.33. The quantitative estimate of drug-likeness (QED) is 0.897. The topological polar surface area (TPSA) is 72.4 Å². The number of likely N-dealkylation sites (tertiary alicyclic amines) is 1. The van der Waals surface area contributed by atoms with Gasteiger partial charge in [-0.3, -0.25) is 4.79 Å². The zero-order valence-corrected chi connectivity index (χ0v) is 15.2. The Morgan fingerprint density at radius 2 is 2.17 bits per heavy atom. The number of nitrogens with zero attached hydrogens (tertiary/aromatic N) is 2. The lowest BCUT2D eigenvalue weighted by Crippen LogP contribution is -2.34. The van der Waals surface area contributed by atoms with E-state index >= 15 is 0 Å². The molecule has 7 heteroatoms. The second-order valence-electron chi connectivity index (χ2n) is 6.09. The van der Waals surface area contributed by atoms with Crippen molar-refractivity contribution in [2.75, 3.05) is 13.1 Å². The average Bonchev–Trinajstić information content (AvgIpc) is 3.10. The Kier molecular flexibility index (Phi) is 5.91. The minimum absolute atomic E-state index is 0. The first kappa shape index (κ1) is 18.8. The van der Waals surface area contributed by atoms with Gasteiger partial charge >= 0.3 is 0 Å². The van der Waals surface area contributed by atoms with Gasteiger partial charge in [0.1, 0.15) is 17.0 Å². The third-order valence-corrected chi connectivity index (χ3v) is 4.79. The van der Waals surface area contributed by atoms with Gasteiger partial charge in [0.25, 0.3) is 5.91 Å². The molecule has 1 aliphatic rings. The summed E-state index contributed by atoms with van der Waals surface area (Å²) < 4.78 is 5.29. The van der Waals surface area contributed by atoms with Crippen molar-refractivity contribution in [2.45, 2.75) is 26.3 Å².